The second-order valence-electron chi connectivity index (χ2n) is 11.6. The topological polar surface area (TPSA) is 102 Å². The van der Waals surface area contributed by atoms with Gasteiger partial charge >= 0.3 is 0 Å². The minimum absolute atomic E-state index is 0.0584. The fourth-order valence-corrected chi connectivity index (χ4v) is 5.70. The van der Waals surface area contributed by atoms with E-state index in [1.165, 1.54) is 7.11 Å². The number of ether oxygens (including phenoxy) is 4. The molecule has 2 atom stereocenters. The van der Waals surface area contributed by atoms with E-state index >= 15 is 0 Å². The summed E-state index contributed by atoms with van der Waals surface area (Å²) in [5, 5.41) is 6.07. The summed E-state index contributed by atoms with van der Waals surface area (Å²) < 4.78 is 23.1. The van der Waals surface area contributed by atoms with Crippen molar-refractivity contribution >= 4 is 11.8 Å². The Morgan fingerprint density at radius 3 is 2.50 bits per heavy atom. The molecule has 0 aliphatic carbocycles. The summed E-state index contributed by atoms with van der Waals surface area (Å²) in [5.41, 5.74) is 1.43. The number of fused-ring (bicyclic) bond motifs is 7. The van der Waals surface area contributed by atoms with Gasteiger partial charge < -0.3 is 29.6 Å². The highest BCUT2D eigenvalue weighted by molar-refractivity contribution is 5.95. The molecule has 2 N–H and O–H groups in total. The van der Waals surface area contributed by atoms with Crippen molar-refractivity contribution in [2.45, 2.75) is 32.5 Å². The molecule has 4 aliphatic rings. The second kappa shape index (κ2) is 12.4. The highest BCUT2D eigenvalue weighted by Gasteiger charge is 2.38. The second-order valence-corrected chi connectivity index (χ2v) is 11.6. The first-order chi connectivity index (χ1) is 19.3. The lowest BCUT2D eigenvalue weighted by atomic mass is 9.92. The van der Waals surface area contributed by atoms with Gasteiger partial charge in [-0.05, 0) is 41.3 Å². The Morgan fingerprint density at radius 1 is 1.00 bits per heavy atom. The molecule has 0 spiro atoms. The van der Waals surface area contributed by atoms with E-state index in [1.807, 2.05) is 24.3 Å². The largest absolute Gasteiger partial charge is 0.493 e. The Labute approximate surface area is 235 Å². The van der Waals surface area contributed by atoms with Gasteiger partial charge in [0, 0.05) is 51.4 Å². The van der Waals surface area contributed by atoms with E-state index in [-0.39, 0.29) is 36.0 Å². The average molecular weight is 553 g/mol. The molecular weight excluding hydrogens is 512 g/mol. The zero-order valence-electron chi connectivity index (χ0n) is 23.6. The third-order valence-corrected chi connectivity index (χ3v) is 7.55. The molecule has 4 aliphatic heterocycles. The van der Waals surface area contributed by atoms with Crippen LogP contribution in [0, 0.1) is 5.41 Å². The summed E-state index contributed by atoms with van der Waals surface area (Å²) in [6.07, 6.45) is -0.224. The Morgan fingerprint density at radius 2 is 1.75 bits per heavy atom. The molecule has 4 bridgehead atoms. The van der Waals surface area contributed by atoms with Gasteiger partial charge in [-0.2, -0.15) is 0 Å². The van der Waals surface area contributed by atoms with Gasteiger partial charge in [0.25, 0.3) is 11.8 Å². The number of methoxy groups -OCH3 is 1. The lowest BCUT2D eigenvalue weighted by Crippen LogP contribution is -2.46. The van der Waals surface area contributed by atoms with E-state index in [0.29, 0.717) is 36.7 Å². The third-order valence-electron chi connectivity index (χ3n) is 7.55. The number of hydrogen-bond donors (Lipinski definition) is 2. The van der Waals surface area contributed by atoms with E-state index in [2.05, 4.69) is 34.3 Å². The van der Waals surface area contributed by atoms with Gasteiger partial charge in [-0.15, -0.1) is 0 Å². The molecule has 216 valence electrons. The summed E-state index contributed by atoms with van der Waals surface area (Å²) in [5.74, 6) is 1.02. The zero-order chi connectivity index (χ0) is 28.1. The van der Waals surface area contributed by atoms with E-state index in [1.54, 1.807) is 18.2 Å². The van der Waals surface area contributed by atoms with Gasteiger partial charge in [-0.25, -0.2) is 0 Å². The van der Waals surface area contributed by atoms with Gasteiger partial charge in [0.1, 0.15) is 11.9 Å². The molecule has 4 heterocycles. The van der Waals surface area contributed by atoms with Crippen LogP contribution in [0.2, 0.25) is 0 Å². The SMILES string of the molecule is COc1ccc2cc1OCC(=O)NCc1ccc(cc1)O[C@H]1CN(CC(C)(C)CN3CCOCC3)C[C@@H]1NC2=O. The van der Waals surface area contributed by atoms with Crippen molar-refractivity contribution < 1.29 is 28.5 Å². The molecule has 2 fully saturated rings. The fraction of sp³-hybridized carbons (Fsp3) is 0.533. The molecule has 0 radical (unpaired) electrons. The van der Waals surface area contributed by atoms with Crippen LogP contribution in [0.5, 0.6) is 17.2 Å². The molecule has 0 unspecified atom stereocenters. The normalized spacial score (nSPS) is 22.9. The lowest BCUT2D eigenvalue weighted by molar-refractivity contribution is -0.123. The fourth-order valence-electron chi connectivity index (χ4n) is 5.70. The third kappa shape index (κ3) is 7.24. The van der Waals surface area contributed by atoms with Crippen molar-refractivity contribution in [2.24, 2.45) is 5.41 Å². The number of benzene rings is 2. The van der Waals surface area contributed by atoms with Crippen LogP contribution in [0.25, 0.3) is 0 Å². The Hall–Kier alpha value is -3.34. The molecule has 6 rings (SSSR count). The molecular formula is C30H40N4O6. The summed E-state index contributed by atoms with van der Waals surface area (Å²) in [4.78, 5) is 30.7. The number of amides is 2. The smallest absolute Gasteiger partial charge is 0.258 e. The summed E-state index contributed by atoms with van der Waals surface area (Å²) in [6.45, 7) is 11.5. The van der Waals surface area contributed by atoms with Gasteiger partial charge in [0.05, 0.1) is 26.4 Å². The molecule has 2 amide bonds. The minimum Gasteiger partial charge on any atom is -0.493 e. The maximum atomic E-state index is 13.4. The summed E-state index contributed by atoms with van der Waals surface area (Å²) in [7, 11) is 1.52. The molecule has 0 saturated carbocycles. The van der Waals surface area contributed by atoms with Crippen molar-refractivity contribution in [3.05, 3.63) is 53.6 Å². The number of carbonyl (C=O) groups excluding carboxylic acids is 2. The number of likely N-dealkylation sites (tertiary alicyclic amines) is 1. The maximum absolute atomic E-state index is 13.4. The number of hydrogen-bond acceptors (Lipinski definition) is 8. The van der Waals surface area contributed by atoms with Crippen LogP contribution < -0.4 is 24.8 Å². The molecule has 2 aromatic rings. The predicted molar refractivity (Wildman–Crippen MR) is 150 cm³/mol. The predicted octanol–water partition coefficient (Wildman–Crippen LogP) is 1.92. The van der Waals surface area contributed by atoms with Crippen molar-refractivity contribution in [1.82, 2.24) is 20.4 Å². The van der Waals surface area contributed by atoms with E-state index in [9.17, 15) is 9.59 Å². The van der Waals surface area contributed by atoms with Crippen LogP contribution >= 0.6 is 0 Å². The first kappa shape index (κ1) is 28.2. The first-order valence-corrected chi connectivity index (χ1v) is 13.9. The van der Waals surface area contributed by atoms with Crippen LogP contribution in [0.15, 0.2) is 42.5 Å². The van der Waals surface area contributed by atoms with Gasteiger partial charge in [-0.3, -0.25) is 19.4 Å². The van der Waals surface area contributed by atoms with E-state index in [4.69, 9.17) is 18.9 Å². The van der Waals surface area contributed by atoms with E-state index in [0.717, 1.165) is 50.7 Å². The lowest BCUT2D eigenvalue weighted by Gasteiger charge is -2.37. The molecule has 2 saturated heterocycles. The molecule has 2 aromatic carbocycles. The maximum Gasteiger partial charge on any atom is 0.258 e. The Kier molecular flexibility index (Phi) is 8.78. The molecule has 10 nitrogen and oxygen atoms in total. The highest BCUT2D eigenvalue weighted by atomic mass is 16.5. The Bertz CT molecular complexity index is 1180. The van der Waals surface area contributed by atoms with Crippen molar-refractivity contribution in [2.75, 3.05) is 66.2 Å². The summed E-state index contributed by atoms with van der Waals surface area (Å²) in [6, 6.07) is 12.5. The van der Waals surface area contributed by atoms with Crippen LogP contribution in [0.4, 0.5) is 0 Å². The standard InChI is InChI=1S/C30H40N4O6/c1-30(2,19-33-10-12-38-13-11-33)20-34-16-24-27(17-34)40-23-7-4-21(5-8-23)15-31-28(35)18-39-26-14-22(29(36)32-24)6-9-25(26)37-3/h4-9,14,24,27H,10-13,15-20H2,1-3H3,(H,31,35)(H,32,36)/t24-,27-/m0/s1. The van der Waals surface area contributed by atoms with Crippen molar-refractivity contribution in [1.29, 1.82) is 0 Å². The molecule has 10 heteroatoms. The highest BCUT2D eigenvalue weighted by Crippen LogP contribution is 2.29. The Balaban J connectivity index is 1.36. The number of nitrogens with zero attached hydrogens (tertiary/aromatic N) is 2. The van der Waals surface area contributed by atoms with Crippen LogP contribution in [0.3, 0.4) is 0 Å². The number of rotatable bonds is 5. The van der Waals surface area contributed by atoms with E-state index < -0.39 is 0 Å². The van der Waals surface area contributed by atoms with Gasteiger partial charge in [-0.1, -0.05) is 26.0 Å². The molecule has 0 aromatic heterocycles. The monoisotopic (exact) mass is 552 g/mol. The van der Waals surface area contributed by atoms with Crippen molar-refractivity contribution in [3.63, 3.8) is 0 Å². The van der Waals surface area contributed by atoms with Crippen molar-refractivity contribution in [3.8, 4) is 17.2 Å². The van der Waals surface area contributed by atoms with Crippen LogP contribution in [0.1, 0.15) is 29.8 Å². The van der Waals surface area contributed by atoms with Gasteiger partial charge in [0.2, 0.25) is 0 Å². The first-order valence-electron chi connectivity index (χ1n) is 13.9. The minimum atomic E-state index is -0.271. The number of carbonyl (C=O) groups is 2. The number of nitrogens with one attached hydrogen (secondary N) is 2. The number of morpholine rings is 1. The van der Waals surface area contributed by atoms with Gasteiger partial charge in [0.15, 0.2) is 18.1 Å². The van der Waals surface area contributed by atoms with Crippen LogP contribution in [-0.4, -0.2) is 100.0 Å². The summed E-state index contributed by atoms with van der Waals surface area (Å²) >= 11 is 0. The quantitative estimate of drug-likeness (QED) is 0.581. The average Bonchev–Trinajstić information content (AvgIpc) is 3.30. The van der Waals surface area contributed by atoms with Crippen LogP contribution in [-0.2, 0) is 16.1 Å². The zero-order valence-corrected chi connectivity index (χ0v) is 23.6. The molecule has 40 heavy (non-hydrogen) atoms.